The largest absolute Gasteiger partial charge is 0.507 e. The van der Waals surface area contributed by atoms with Crippen molar-refractivity contribution in [2.45, 2.75) is 0 Å². The van der Waals surface area contributed by atoms with Gasteiger partial charge >= 0.3 is 0 Å². The molecule has 0 bridgehead atoms. The van der Waals surface area contributed by atoms with Crippen molar-refractivity contribution in [1.82, 2.24) is 19.9 Å². The fourth-order valence-electron chi connectivity index (χ4n) is 1.80. The highest BCUT2D eigenvalue weighted by atomic mass is 32.1. The summed E-state index contributed by atoms with van der Waals surface area (Å²) in [5, 5.41) is 20.9. The molecule has 2 N–H and O–H groups in total. The van der Waals surface area contributed by atoms with Gasteiger partial charge in [-0.25, -0.2) is 5.10 Å². The lowest BCUT2D eigenvalue weighted by Crippen LogP contribution is -1.95. The molecule has 6 nitrogen and oxygen atoms in total. The summed E-state index contributed by atoms with van der Waals surface area (Å²) in [4.78, 5) is 3.97. The number of nitrogens with one attached hydrogen (secondary N) is 1. The number of pyridine rings is 1. The van der Waals surface area contributed by atoms with Crippen LogP contribution in [-0.2, 0) is 0 Å². The fraction of sp³-hybridized carbons (Fsp3) is 0. The molecule has 7 heteroatoms. The van der Waals surface area contributed by atoms with E-state index in [2.05, 4.69) is 20.3 Å². The standard InChI is InChI=1S/C14H11N5OS/c20-12-4-2-1-3-11(12)9-16-19-13(17-18-14(19)21)10-5-7-15-8-6-10/h1-9,20H,(H,18,21)/b16-9+. The topological polar surface area (TPSA) is 79.1 Å². The van der Waals surface area contributed by atoms with Crippen molar-refractivity contribution in [3.8, 4) is 17.1 Å². The van der Waals surface area contributed by atoms with Crippen LogP contribution < -0.4 is 0 Å². The third-order valence-corrected chi connectivity index (χ3v) is 3.10. The molecule has 0 saturated heterocycles. The van der Waals surface area contributed by atoms with Crippen molar-refractivity contribution in [1.29, 1.82) is 0 Å². The number of H-pyrrole nitrogens is 1. The van der Waals surface area contributed by atoms with E-state index in [1.807, 2.05) is 18.2 Å². The lowest BCUT2D eigenvalue weighted by Gasteiger charge is -2.01. The summed E-state index contributed by atoms with van der Waals surface area (Å²) in [6, 6.07) is 10.6. The lowest BCUT2D eigenvalue weighted by molar-refractivity contribution is 0.474. The molecule has 0 spiro atoms. The molecule has 0 aliphatic heterocycles. The van der Waals surface area contributed by atoms with Crippen LogP contribution in [0.3, 0.4) is 0 Å². The Hall–Kier alpha value is -2.80. The van der Waals surface area contributed by atoms with Gasteiger partial charge in [-0.2, -0.15) is 14.9 Å². The molecule has 104 valence electrons. The van der Waals surface area contributed by atoms with E-state index in [9.17, 15) is 5.11 Å². The first kappa shape index (κ1) is 13.2. The van der Waals surface area contributed by atoms with Gasteiger partial charge in [-0.15, -0.1) is 0 Å². The number of aromatic hydroxyl groups is 1. The Labute approximate surface area is 125 Å². The monoisotopic (exact) mass is 297 g/mol. The van der Waals surface area contributed by atoms with Crippen molar-refractivity contribution in [3.05, 3.63) is 59.1 Å². The van der Waals surface area contributed by atoms with E-state index in [-0.39, 0.29) is 5.75 Å². The minimum absolute atomic E-state index is 0.154. The van der Waals surface area contributed by atoms with Gasteiger partial charge in [0, 0.05) is 23.5 Å². The van der Waals surface area contributed by atoms with Gasteiger partial charge < -0.3 is 5.11 Å². The molecule has 3 aromatic rings. The van der Waals surface area contributed by atoms with Gasteiger partial charge in [-0.1, -0.05) is 12.1 Å². The normalized spacial score (nSPS) is 11.0. The number of hydrogen-bond donors (Lipinski definition) is 2. The highest BCUT2D eigenvalue weighted by molar-refractivity contribution is 7.71. The highest BCUT2D eigenvalue weighted by Gasteiger charge is 2.07. The van der Waals surface area contributed by atoms with Crippen molar-refractivity contribution in [2.24, 2.45) is 5.10 Å². The zero-order chi connectivity index (χ0) is 14.7. The van der Waals surface area contributed by atoms with Gasteiger partial charge in [-0.3, -0.25) is 4.98 Å². The average molecular weight is 297 g/mol. The molecule has 2 aromatic heterocycles. The molecular formula is C14H11N5OS. The van der Waals surface area contributed by atoms with Gasteiger partial charge in [0.1, 0.15) is 5.75 Å². The summed E-state index contributed by atoms with van der Waals surface area (Å²) in [6.07, 6.45) is 4.87. The molecule has 0 aliphatic carbocycles. The summed E-state index contributed by atoms with van der Waals surface area (Å²) in [6.45, 7) is 0. The number of para-hydroxylation sites is 1. The Kier molecular flexibility index (Phi) is 3.57. The molecule has 0 atom stereocenters. The first-order chi connectivity index (χ1) is 10.3. The number of benzene rings is 1. The maximum absolute atomic E-state index is 9.74. The second-order valence-corrected chi connectivity index (χ2v) is 4.59. The molecular weight excluding hydrogens is 286 g/mol. The number of rotatable bonds is 3. The first-order valence-corrected chi connectivity index (χ1v) is 6.57. The molecule has 2 heterocycles. The molecule has 0 aliphatic rings. The van der Waals surface area contributed by atoms with E-state index in [4.69, 9.17) is 12.2 Å². The van der Waals surface area contributed by atoms with Crippen LogP contribution in [-0.4, -0.2) is 31.2 Å². The van der Waals surface area contributed by atoms with Crippen LogP contribution in [0, 0.1) is 4.77 Å². The Morgan fingerprint density at radius 2 is 1.95 bits per heavy atom. The highest BCUT2D eigenvalue weighted by Crippen LogP contribution is 2.17. The zero-order valence-electron chi connectivity index (χ0n) is 10.8. The first-order valence-electron chi connectivity index (χ1n) is 6.16. The second-order valence-electron chi connectivity index (χ2n) is 4.20. The molecule has 0 fully saturated rings. The lowest BCUT2D eigenvalue weighted by atomic mass is 10.2. The molecule has 0 saturated carbocycles. The summed E-state index contributed by atoms with van der Waals surface area (Å²) in [7, 11) is 0. The Morgan fingerprint density at radius 3 is 2.71 bits per heavy atom. The second kappa shape index (κ2) is 5.68. The number of aromatic nitrogens is 4. The number of phenols is 1. The number of phenolic OH excluding ortho intramolecular Hbond substituents is 1. The average Bonchev–Trinajstić information content (AvgIpc) is 2.88. The Morgan fingerprint density at radius 1 is 1.19 bits per heavy atom. The summed E-state index contributed by atoms with van der Waals surface area (Å²) < 4.78 is 1.87. The zero-order valence-corrected chi connectivity index (χ0v) is 11.7. The third kappa shape index (κ3) is 2.72. The van der Waals surface area contributed by atoms with Crippen LogP contribution in [0.5, 0.6) is 5.75 Å². The van der Waals surface area contributed by atoms with Gasteiger partial charge in [0.15, 0.2) is 5.82 Å². The van der Waals surface area contributed by atoms with Crippen LogP contribution in [0.1, 0.15) is 5.56 Å². The SMILES string of the molecule is Oc1ccccc1/C=N/n1c(-c2ccncc2)n[nH]c1=S. The third-order valence-electron chi connectivity index (χ3n) is 2.84. The summed E-state index contributed by atoms with van der Waals surface area (Å²) in [5.74, 6) is 0.732. The van der Waals surface area contributed by atoms with Gasteiger partial charge in [0.25, 0.3) is 0 Å². The van der Waals surface area contributed by atoms with Crippen molar-refractivity contribution in [2.75, 3.05) is 0 Å². The minimum atomic E-state index is 0.154. The maximum Gasteiger partial charge on any atom is 0.216 e. The van der Waals surface area contributed by atoms with Crippen molar-refractivity contribution in [3.63, 3.8) is 0 Å². The van der Waals surface area contributed by atoms with E-state index < -0.39 is 0 Å². The molecule has 0 radical (unpaired) electrons. The van der Waals surface area contributed by atoms with Gasteiger partial charge in [-0.05, 0) is 36.5 Å². The molecule has 0 amide bonds. The molecule has 0 unspecified atom stereocenters. The van der Waals surface area contributed by atoms with Gasteiger partial charge in [0.2, 0.25) is 4.77 Å². The number of aromatic amines is 1. The van der Waals surface area contributed by atoms with E-state index in [1.165, 1.54) is 10.9 Å². The Bertz CT molecular complexity index is 838. The smallest absolute Gasteiger partial charge is 0.216 e. The van der Waals surface area contributed by atoms with Crippen LogP contribution in [0.2, 0.25) is 0 Å². The van der Waals surface area contributed by atoms with Crippen molar-refractivity contribution < 1.29 is 5.11 Å². The minimum Gasteiger partial charge on any atom is -0.507 e. The van der Waals surface area contributed by atoms with Crippen LogP contribution in [0.15, 0.2) is 53.9 Å². The quantitative estimate of drug-likeness (QED) is 0.575. The van der Waals surface area contributed by atoms with Crippen LogP contribution in [0.25, 0.3) is 11.4 Å². The van der Waals surface area contributed by atoms with Crippen molar-refractivity contribution >= 4 is 18.4 Å². The maximum atomic E-state index is 9.74. The van der Waals surface area contributed by atoms with E-state index >= 15 is 0 Å². The Balaban J connectivity index is 2.02. The summed E-state index contributed by atoms with van der Waals surface area (Å²) in [5.41, 5.74) is 1.44. The molecule has 1 aromatic carbocycles. The van der Waals surface area contributed by atoms with E-state index in [0.29, 0.717) is 16.2 Å². The predicted molar refractivity (Wildman–Crippen MR) is 81.7 cm³/mol. The fourth-order valence-corrected chi connectivity index (χ4v) is 1.98. The van der Waals surface area contributed by atoms with E-state index in [0.717, 1.165) is 5.56 Å². The summed E-state index contributed by atoms with van der Waals surface area (Å²) >= 11 is 5.17. The van der Waals surface area contributed by atoms with Crippen LogP contribution >= 0.6 is 12.2 Å². The molecule has 3 rings (SSSR count). The number of hydrogen-bond acceptors (Lipinski definition) is 5. The van der Waals surface area contributed by atoms with E-state index in [1.54, 1.807) is 30.6 Å². The van der Waals surface area contributed by atoms with Crippen LogP contribution in [0.4, 0.5) is 0 Å². The predicted octanol–water partition coefficient (Wildman–Crippen LogP) is 2.59. The molecule has 21 heavy (non-hydrogen) atoms. The van der Waals surface area contributed by atoms with Gasteiger partial charge in [0.05, 0.1) is 6.21 Å². The number of nitrogens with zero attached hydrogens (tertiary/aromatic N) is 4.